The zero-order chi connectivity index (χ0) is 21.4. The van der Waals surface area contributed by atoms with Crippen molar-refractivity contribution in [1.29, 1.82) is 0 Å². The zero-order valence-corrected chi connectivity index (χ0v) is 17.1. The monoisotopic (exact) mass is 413 g/mol. The Morgan fingerprint density at radius 1 is 1.29 bits per heavy atom. The maximum Gasteiger partial charge on any atom is 0.250 e. The Morgan fingerprint density at radius 2 is 2.19 bits per heavy atom. The van der Waals surface area contributed by atoms with E-state index in [-0.39, 0.29) is 0 Å². The van der Waals surface area contributed by atoms with E-state index >= 15 is 0 Å². The van der Waals surface area contributed by atoms with E-state index < -0.39 is 5.91 Å². The first kappa shape index (κ1) is 19.1. The lowest BCUT2D eigenvalue weighted by Crippen LogP contribution is -2.19. The van der Waals surface area contributed by atoms with Crippen molar-refractivity contribution in [3.63, 3.8) is 0 Å². The van der Waals surface area contributed by atoms with Crippen molar-refractivity contribution in [2.24, 2.45) is 5.73 Å². The van der Waals surface area contributed by atoms with Crippen LogP contribution in [0.1, 0.15) is 27.9 Å². The van der Waals surface area contributed by atoms with Gasteiger partial charge in [-0.1, -0.05) is 6.08 Å². The molecule has 0 atom stereocenters. The number of primary amides is 1. The molecule has 0 radical (unpaired) electrons. The van der Waals surface area contributed by atoms with Crippen LogP contribution in [0.3, 0.4) is 0 Å². The normalized spacial score (nSPS) is 13.9. The second kappa shape index (κ2) is 7.73. The van der Waals surface area contributed by atoms with E-state index in [9.17, 15) is 4.79 Å². The maximum atomic E-state index is 11.4. The van der Waals surface area contributed by atoms with E-state index in [1.54, 1.807) is 29.2 Å². The summed E-state index contributed by atoms with van der Waals surface area (Å²) in [6.07, 6.45) is 10.5. The molecule has 0 saturated carbocycles. The molecule has 0 bridgehead atoms. The molecule has 1 aliphatic rings. The highest BCUT2D eigenvalue weighted by atomic mass is 16.1. The number of nitrogens with one attached hydrogen (secondary N) is 3. The molecular formula is C23H23N7O. The molecule has 5 rings (SSSR count). The summed E-state index contributed by atoms with van der Waals surface area (Å²) in [5.41, 5.74) is 11.3. The van der Waals surface area contributed by atoms with Crippen LogP contribution < -0.4 is 16.4 Å². The highest BCUT2D eigenvalue weighted by molar-refractivity contribution is 5.95. The number of H-pyrrole nitrogens is 1. The summed E-state index contributed by atoms with van der Waals surface area (Å²) in [7, 11) is 0. The van der Waals surface area contributed by atoms with E-state index in [4.69, 9.17) is 5.73 Å². The molecule has 4 heterocycles. The summed E-state index contributed by atoms with van der Waals surface area (Å²) in [4.78, 5) is 23.9. The van der Waals surface area contributed by atoms with Crippen LogP contribution in [0, 0.1) is 6.92 Å². The number of benzene rings is 1. The van der Waals surface area contributed by atoms with Gasteiger partial charge in [-0.3, -0.25) is 4.79 Å². The largest absolute Gasteiger partial charge is 0.366 e. The van der Waals surface area contributed by atoms with Gasteiger partial charge in [-0.2, -0.15) is 4.98 Å². The molecule has 0 saturated heterocycles. The molecule has 156 valence electrons. The lowest BCUT2D eigenvalue weighted by molar-refractivity contribution is 0.100. The summed E-state index contributed by atoms with van der Waals surface area (Å²) < 4.78 is 1.78. The first-order valence-corrected chi connectivity index (χ1v) is 10.2. The van der Waals surface area contributed by atoms with Crippen molar-refractivity contribution < 1.29 is 4.79 Å². The van der Waals surface area contributed by atoms with Gasteiger partial charge in [0.2, 0.25) is 11.9 Å². The van der Waals surface area contributed by atoms with Crippen LogP contribution in [0.15, 0.2) is 55.1 Å². The molecule has 8 nitrogen and oxygen atoms in total. The minimum atomic E-state index is -0.469. The van der Waals surface area contributed by atoms with E-state index in [1.165, 1.54) is 16.5 Å². The van der Waals surface area contributed by atoms with E-state index in [1.807, 2.05) is 13.0 Å². The number of aryl methyl sites for hydroxylation is 1. The minimum Gasteiger partial charge on any atom is -0.366 e. The molecule has 0 spiro atoms. The molecule has 3 aromatic heterocycles. The van der Waals surface area contributed by atoms with Crippen LogP contribution in [-0.2, 0) is 0 Å². The van der Waals surface area contributed by atoms with Crippen LogP contribution in [0.25, 0.3) is 22.3 Å². The zero-order valence-electron chi connectivity index (χ0n) is 17.1. The van der Waals surface area contributed by atoms with Crippen molar-refractivity contribution in [1.82, 2.24) is 24.8 Å². The van der Waals surface area contributed by atoms with Gasteiger partial charge in [0.25, 0.3) is 0 Å². The molecule has 1 amide bonds. The smallest absolute Gasteiger partial charge is 0.250 e. The minimum absolute atomic E-state index is 0.435. The van der Waals surface area contributed by atoms with Crippen LogP contribution >= 0.6 is 0 Å². The van der Waals surface area contributed by atoms with Gasteiger partial charge in [-0.25, -0.2) is 4.98 Å². The Labute approximate surface area is 179 Å². The van der Waals surface area contributed by atoms with Gasteiger partial charge in [0.1, 0.15) is 5.82 Å². The molecule has 0 unspecified atom stereocenters. The Hall–Kier alpha value is -3.91. The third-order valence-electron chi connectivity index (χ3n) is 5.51. The number of amides is 1. The average Bonchev–Trinajstić information content (AvgIpc) is 3.43. The Morgan fingerprint density at radius 3 is 2.97 bits per heavy atom. The van der Waals surface area contributed by atoms with Crippen molar-refractivity contribution in [3.05, 3.63) is 71.8 Å². The number of rotatable bonds is 5. The number of nitrogens with two attached hydrogens (primary N) is 1. The number of carbonyl (C=O) groups is 1. The molecule has 8 heteroatoms. The fraction of sp³-hybridized carbons (Fsp3) is 0.174. The summed E-state index contributed by atoms with van der Waals surface area (Å²) in [5.74, 6) is 0.698. The fourth-order valence-corrected chi connectivity index (χ4v) is 3.89. The Kier molecular flexibility index (Phi) is 4.76. The van der Waals surface area contributed by atoms with Gasteiger partial charge in [0.05, 0.1) is 5.56 Å². The third-order valence-corrected chi connectivity index (χ3v) is 5.51. The number of nitrogens with zero attached hydrogens (tertiary/aromatic N) is 3. The lowest BCUT2D eigenvalue weighted by atomic mass is 9.99. The molecule has 0 fully saturated rings. The van der Waals surface area contributed by atoms with Crippen LogP contribution in [0.2, 0.25) is 0 Å². The number of fused-ring (bicyclic) bond motifs is 1. The molecule has 31 heavy (non-hydrogen) atoms. The SMILES string of the molecule is Cc1cnc(Nc2ccc3[nH]cc(C4=CCNCC4)c3c2)nc1-n1ccc(C(N)=O)c1. The molecular weight excluding hydrogens is 390 g/mol. The number of hydrogen-bond acceptors (Lipinski definition) is 5. The van der Waals surface area contributed by atoms with Gasteiger partial charge in [-0.15, -0.1) is 0 Å². The second-order valence-corrected chi connectivity index (χ2v) is 7.64. The summed E-state index contributed by atoms with van der Waals surface area (Å²) in [5, 5.41) is 7.84. The van der Waals surface area contributed by atoms with Gasteiger partial charge in [0.15, 0.2) is 0 Å². The number of hydrogen-bond donors (Lipinski definition) is 4. The molecule has 1 aromatic carbocycles. The number of aromatic amines is 1. The molecule has 4 aromatic rings. The quantitative estimate of drug-likeness (QED) is 0.401. The van der Waals surface area contributed by atoms with Gasteiger partial charge in [-0.05, 0) is 49.7 Å². The van der Waals surface area contributed by atoms with Crippen LogP contribution in [-0.4, -0.2) is 38.5 Å². The van der Waals surface area contributed by atoms with E-state index in [0.29, 0.717) is 17.3 Å². The lowest BCUT2D eigenvalue weighted by Gasteiger charge is -2.14. The molecule has 0 aliphatic carbocycles. The molecule has 1 aliphatic heterocycles. The third kappa shape index (κ3) is 3.69. The first-order valence-electron chi connectivity index (χ1n) is 10.2. The molecule has 5 N–H and O–H groups in total. The predicted molar refractivity (Wildman–Crippen MR) is 122 cm³/mol. The van der Waals surface area contributed by atoms with Gasteiger partial charge < -0.3 is 25.9 Å². The van der Waals surface area contributed by atoms with E-state index in [2.05, 4.69) is 50.0 Å². The fourth-order valence-electron chi connectivity index (χ4n) is 3.89. The van der Waals surface area contributed by atoms with Crippen LogP contribution in [0.5, 0.6) is 0 Å². The standard InChI is InChI=1S/C23H23N7O/c1-14-11-27-23(29-22(14)30-9-6-16(13-30)21(24)31)28-17-2-3-20-18(10-17)19(12-26-20)15-4-7-25-8-5-15/h2-4,6,9-13,25-26H,5,7-8H2,1H3,(H2,24,31)(H,27,28,29). The van der Waals surface area contributed by atoms with Crippen molar-refractivity contribution in [3.8, 4) is 5.82 Å². The summed E-state index contributed by atoms with van der Waals surface area (Å²) >= 11 is 0. The van der Waals surface area contributed by atoms with Crippen LogP contribution in [0.4, 0.5) is 11.6 Å². The highest BCUT2D eigenvalue weighted by Crippen LogP contribution is 2.30. The summed E-state index contributed by atoms with van der Waals surface area (Å²) in [6.45, 7) is 3.82. The summed E-state index contributed by atoms with van der Waals surface area (Å²) in [6, 6.07) is 7.85. The Balaban J connectivity index is 1.47. The van der Waals surface area contributed by atoms with Gasteiger partial charge in [0, 0.05) is 59.0 Å². The average molecular weight is 413 g/mol. The Bertz CT molecular complexity index is 1310. The number of anilines is 2. The van der Waals surface area contributed by atoms with Gasteiger partial charge >= 0.3 is 0 Å². The number of aromatic nitrogens is 4. The first-order chi connectivity index (χ1) is 15.1. The van der Waals surface area contributed by atoms with Crippen molar-refractivity contribution >= 4 is 34.0 Å². The topological polar surface area (TPSA) is 114 Å². The van der Waals surface area contributed by atoms with Crippen molar-refractivity contribution in [2.45, 2.75) is 13.3 Å². The maximum absolute atomic E-state index is 11.4. The predicted octanol–water partition coefficient (Wildman–Crippen LogP) is 3.28. The number of carbonyl (C=O) groups excluding carboxylic acids is 1. The highest BCUT2D eigenvalue weighted by Gasteiger charge is 2.13. The van der Waals surface area contributed by atoms with E-state index in [0.717, 1.165) is 36.3 Å². The van der Waals surface area contributed by atoms with Crippen molar-refractivity contribution in [2.75, 3.05) is 18.4 Å². The second-order valence-electron chi connectivity index (χ2n) is 7.64.